The summed E-state index contributed by atoms with van der Waals surface area (Å²) in [6, 6.07) is 13.1. The SMILES string of the molecule is O=C(NCc1ccc(F)cc1Cl)c1nnn2c1C(=O)NC(c1ccccc1)C2. The van der Waals surface area contributed by atoms with Crippen LogP contribution in [-0.2, 0) is 13.1 Å². The van der Waals surface area contributed by atoms with E-state index in [1.54, 1.807) is 0 Å². The molecule has 0 aliphatic carbocycles. The van der Waals surface area contributed by atoms with Crippen molar-refractivity contribution < 1.29 is 14.0 Å². The Morgan fingerprint density at radius 1 is 1.29 bits per heavy atom. The van der Waals surface area contributed by atoms with Gasteiger partial charge in [0.05, 0.1) is 12.6 Å². The minimum absolute atomic E-state index is 0.0674. The lowest BCUT2D eigenvalue weighted by atomic mass is 10.0. The fraction of sp³-hybridized carbons (Fsp3) is 0.158. The van der Waals surface area contributed by atoms with Crippen LogP contribution in [0.25, 0.3) is 0 Å². The number of amides is 2. The van der Waals surface area contributed by atoms with E-state index in [0.29, 0.717) is 12.1 Å². The largest absolute Gasteiger partial charge is 0.346 e. The van der Waals surface area contributed by atoms with Crippen molar-refractivity contribution in [2.24, 2.45) is 0 Å². The van der Waals surface area contributed by atoms with E-state index in [4.69, 9.17) is 11.6 Å². The van der Waals surface area contributed by atoms with Crippen molar-refractivity contribution in [3.8, 4) is 0 Å². The monoisotopic (exact) mass is 399 g/mol. The van der Waals surface area contributed by atoms with E-state index in [9.17, 15) is 14.0 Å². The first-order valence-corrected chi connectivity index (χ1v) is 8.92. The maximum absolute atomic E-state index is 13.1. The molecule has 9 heteroatoms. The quantitative estimate of drug-likeness (QED) is 0.705. The fourth-order valence-corrected chi connectivity index (χ4v) is 3.30. The Hall–Kier alpha value is -3.26. The lowest BCUT2D eigenvalue weighted by Crippen LogP contribution is -2.40. The van der Waals surface area contributed by atoms with Gasteiger partial charge in [-0.3, -0.25) is 9.59 Å². The highest BCUT2D eigenvalue weighted by atomic mass is 35.5. The molecule has 0 saturated carbocycles. The van der Waals surface area contributed by atoms with Gasteiger partial charge in [0.2, 0.25) is 0 Å². The molecule has 0 radical (unpaired) electrons. The zero-order valence-electron chi connectivity index (χ0n) is 14.5. The summed E-state index contributed by atoms with van der Waals surface area (Å²) < 4.78 is 14.5. The molecule has 1 aromatic heterocycles. The second-order valence-electron chi connectivity index (χ2n) is 6.32. The van der Waals surface area contributed by atoms with Gasteiger partial charge in [-0.25, -0.2) is 9.07 Å². The number of aromatic nitrogens is 3. The smallest absolute Gasteiger partial charge is 0.274 e. The van der Waals surface area contributed by atoms with E-state index >= 15 is 0 Å². The molecule has 2 heterocycles. The molecule has 2 amide bonds. The molecular weight excluding hydrogens is 385 g/mol. The Labute approximate surface area is 164 Å². The minimum Gasteiger partial charge on any atom is -0.346 e. The third-order valence-corrected chi connectivity index (χ3v) is 4.83. The van der Waals surface area contributed by atoms with E-state index in [1.165, 1.54) is 22.9 Å². The van der Waals surface area contributed by atoms with E-state index < -0.39 is 17.6 Å². The molecule has 0 saturated heterocycles. The fourth-order valence-electron chi connectivity index (χ4n) is 3.06. The molecule has 0 bridgehead atoms. The van der Waals surface area contributed by atoms with Crippen LogP contribution in [0.4, 0.5) is 4.39 Å². The van der Waals surface area contributed by atoms with Crippen molar-refractivity contribution in [3.63, 3.8) is 0 Å². The first kappa shape index (κ1) is 18.1. The van der Waals surface area contributed by atoms with Crippen molar-refractivity contribution in [1.82, 2.24) is 25.6 Å². The van der Waals surface area contributed by atoms with Gasteiger partial charge in [-0.05, 0) is 23.3 Å². The normalized spacial score (nSPS) is 15.6. The number of carbonyl (C=O) groups excluding carboxylic acids is 2. The van der Waals surface area contributed by atoms with Crippen LogP contribution in [0.3, 0.4) is 0 Å². The second kappa shape index (κ2) is 7.40. The Bertz CT molecular complexity index is 1050. The summed E-state index contributed by atoms with van der Waals surface area (Å²) in [6.07, 6.45) is 0. The Kier molecular flexibility index (Phi) is 4.79. The second-order valence-corrected chi connectivity index (χ2v) is 6.73. The van der Waals surface area contributed by atoms with Crippen molar-refractivity contribution in [2.45, 2.75) is 19.1 Å². The lowest BCUT2D eigenvalue weighted by Gasteiger charge is -2.24. The zero-order valence-corrected chi connectivity index (χ0v) is 15.3. The van der Waals surface area contributed by atoms with Crippen molar-refractivity contribution >= 4 is 23.4 Å². The van der Waals surface area contributed by atoms with Gasteiger partial charge in [0, 0.05) is 11.6 Å². The summed E-state index contributed by atoms with van der Waals surface area (Å²) in [5.41, 5.74) is 1.53. The van der Waals surface area contributed by atoms with E-state index in [-0.39, 0.29) is 29.0 Å². The van der Waals surface area contributed by atoms with Gasteiger partial charge < -0.3 is 10.6 Å². The first-order chi connectivity index (χ1) is 13.5. The van der Waals surface area contributed by atoms with Crippen LogP contribution in [-0.4, -0.2) is 26.8 Å². The Morgan fingerprint density at radius 2 is 2.07 bits per heavy atom. The van der Waals surface area contributed by atoms with Gasteiger partial charge in [0.1, 0.15) is 5.82 Å². The summed E-state index contributed by atoms with van der Waals surface area (Å²) in [5, 5.41) is 13.5. The zero-order chi connectivity index (χ0) is 19.7. The molecule has 3 aromatic rings. The van der Waals surface area contributed by atoms with Crippen molar-refractivity contribution in [3.05, 3.63) is 81.9 Å². The summed E-state index contributed by atoms with van der Waals surface area (Å²) in [4.78, 5) is 25.1. The molecule has 2 aromatic carbocycles. The molecule has 2 N–H and O–H groups in total. The molecule has 28 heavy (non-hydrogen) atoms. The highest BCUT2D eigenvalue weighted by molar-refractivity contribution is 6.31. The summed E-state index contributed by atoms with van der Waals surface area (Å²) >= 11 is 5.96. The molecule has 0 spiro atoms. The number of benzene rings is 2. The van der Waals surface area contributed by atoms with Crippen LogP contribution in [0.15, 0.2) is 48.5 Å². The average Bonchev–Trinajstić information content (AvgIpc) is 3.12. The Morgan fingerprint density at radius 3 is 2.82 bits per heavy atom. The maximum Gasteiger partial charge on any atom is 0.274 e. The Balaban J connectivity index is 1.51. The highest BCUT2D eigenvalue weighted by Crippen LogP contribution is 2.22. The third-order valence-electron chi connectivity index (χ3n) is 4.48. The average molecular weight is 400 g/mol. The topological polar surface area (TPSA) is 88.9 Å². The molecule has 1 aliphatic rings. The van der Waals surface area contributed by atoms with Gasteiger partial charge in [-0.1, -0.05) is 53.2 Å². The van der Waals surface area contributed by atoms with Gasteiger partial charge in [-0.15, -0.1) is 5.10 Å². The molecule has 1 aliphatic heterocycles. The van der Waals surface area contributed by atoms with Gasteiger partial charge >= 0.3 is 0 Å². The van der Waals surface area contributed by atoms with Crippen LogP contribution in [0.5, 0.6) is 0 Å². The maximum atomic E-state index is 13.1. The number of fused-ring (bicyclic) bond motifs is 1. The first-order valence-electron chi connectivity index (χ1n) is 8.54. The number of carbonyl (C=O) groups is 2. The van der Waals surface area contributed by atoms with E-state index in [0.717, 1.165) is 5.56 Å². The van der Waals surface area contributed by atoms with Crippen LogP contribution in [0.2, 0.25) is 5.02 Å². The summed E-state index contributed by atoms with van der Waals surface area (Å²) in [5.74, 6) is -1.44. The predicted molar refractivity (Wildman–Crippen MR) is 99.3 cm³/mol. The van der Waals surface area contributed by atoms with Gasteiger partial charge in [0.25, 0.3) is 11.8 Å². The van der Waals surface area contributed by atoms with Crippen LogP contribution in [0.1, 0.15) is 38.1 Å². The van der Waals surface area contributed by atoms with Crippen LogP contribution in [0, 0.1) is 5.82 Å². The third kappa shape index (κ3) is 3.46. The van der Waals surface area contributed by atoms with E-state index in [1.807, 2.05) is 30.3 Å². The van der Waals surface area contributed by atoms with Crippen molar-refractivity contribution in [2.75, 3.05) is 0 Å². The number of hydrogen-bond donors (Lipinski definition) is 2. The predicted octanol–water partition coefficient (Wildman–Crippen LogP) is 2.49. The summed E-state index contributed by atoms with van der Waals surface area (Å²) in [6.45, 7) is 0.438. The van der Waals surface area contributed by atoms with Crippen LogP contribution >= 0.6 is 11.6 Å². The molecule has 1 atom stereocenters. The molecule has 4 rings (SSSR count). The number of nitrogens with zero attached hydrogens (tertiary/aromatic N) is 3. The molecular formula is C19H15ClFN5O2. The van der Waals surface area contributed by atoms with Gasteiger partial charge in [-0.2, -0.15) is 0 Å². The number of rotatable bonds is 4. The molecule has 7 nitrogen and oxygen atoms in total. The molecule has 1 unspecified atom stereocenters. The summed E-state index contributed by atoms with van der Waals surface area (Å²) in [7, 11) is 0. The number of nitrogens with one attached hydrogen (secondary N) is 2. The number of hydrogen-bond acceptors (Lipinski definition) is 4. The molecule has 0 fully saturated rings. The van der Waals surface area contributed by atoms with Crippen LogP contribution < -0.4 is 10.6 Å². The van der Waals surface area contributed by atoms with Crippen molar-refractivity contribution in [1.29, 1.82) is 0 Å². The highest BCUT2D eigenvalue weighted by Gasteiger charge is 2.32. The van der Waals surface area contributed by atoms with E-state index in [2.05, 4.69) is 20.9 Å². The standard InChI is InChI=1S/C19H15ClFN5O2/c20-14-8-13(21)7-6-12(14)9-22-18(27)16-17-19(28)23-15(10-26(17)25-24-16)11-4-2-1-3-5-11/h1-8,15H,9-10H2,(H,22,27)(H,23,28). The molecule has 142 valence electrons. The number of halogens is 2. The van der Waals surface area contributed by atoms with Gasteiger partial charge in [0.15, 0.2) is 11.4 Å². The minimum atomic E-state index is -0.560. The lowest BCUT2D eigenvalue weighted by molar-refractivity contribution is 0.0876.